The van der Waals surface area contributed by atoms with Crippen molar-refractivity contribution in [3.05, 3.63) is 90.2 Å². The minimum Gasteiger partial charge on any atom is -1.00 e. The topological polar surface area (TPSA) is 0 Å². The second-order valence-electron chi connectivity index (χ2n) is 4.67. The van der Waals surface area contributed by atoms with E-state index in [0.29, 0.717) is 0 Å². The predicted octanol–water partition coefficient (Wildman–Crippen LogP) is 2.20. The first kappa shape index (κ1) is 17.4. The summed E-state index contributed by atoms with van der Waals surface area (Å²) < 4.78 is 39.5. The minimum absolute atomic E-state index is 0. The van der Waals surface area contributed by atoms with Crippen molar-refractivity contribution < 1.29 is 25.6 Å². The van der Waals surface area contributed by atoms with Crippen molar-refractivity contribution in [3.63, 3.8) is 0 Å². The largest absolute Gasteiger partial charge is 1.00 e. The smallest absolute Gasteiger partial charge is 0.166 e. The highest BCUT2D eigenvalue weighted by molar-refractivity contribution is 7.97. The average molecular weight is 353 g/mol. The molecule has 0 aliphatic heterocycles. The molecule has 0 spiro atoms. The third-order valence-electron chi connectivity index (χ3n) is 3.15. The third-order valence-corrected chi connectivity index (χ3v) is 5.38. The van der Waals surface area contributed by atoms with Gasteiger partial charge in [-0.3, -0.25) is 0 Å². The fraction of sp³-hybridized carbons (Fsp3) is 0. The lowest BCUT2D eigenvalue weighted by Gasteiger charge is -2.08. The molecule has 0 bridgehead atoms. The van der Waals surface area contributed by atoms with Crippen LogP contribution >= 0.6 is 0 Å². The van der Waals surface area contributed by atoms with Gasteiger partial charge in [-0.15, -0.1) is 0 Å². The molecule has 0 nitrogen and oxygen atoms in total. The van der Waals surface area contributed by atoms with Crippen LogP contribution in [0, 0.1) is 17.5 Å². The molecule has 0 heterocycles. The molecular weight excluding hydrogens is 341 g/mol. The van der Waals surface area contributed by atoms with Gasteiger partial charge < -0.3 is 12.4 Å². The molecule has 0 saturated carbocycles. The molecule has 0 amide bonds. The normalized spacial score (nSPS) is 10.4. The van der Waals surface area contributed by atoms with E-state index in [-0.39, 0.29) is 29.9 Å². The fourth-order valence-corrected chi connectivity index (χ4v) is 4.16. The Balaban J connectivity index is 0.00000192. The summed E-state index contributed by atoms with van der Waals surface area (Å²) in [5.74, 6) is -0.943. The van der Waals surface area contributed by atoms with Gasteiger partial charge in [0.05, 0.1) is 10.9 Å². The van der Waals surface area contributed by atoms with E-state index in [1.807, 2.05) is 0 Å². The number of rotatable bonds is 3. The quantitative estimate of drug-likeness (QED) is 0.634. The first-order chi connectivity index (χ1) is 10.6. The van der Waals surface area contributed by atoms with Gasteiger partial charge in [-0.05, 0) is 72.8 Å². The Bertz CT molecular complexity index is 648. The summed E-state index contributed by atoms with van der Waals surface area (Å²) in [7, 11) is -0.539. The molecule has 0 aromatic heterocycles. The predicted molar refractivity (Wildman–Crippen MR) is 81.4 cm³/mol. The first-order valence-electron chi connectivity index (χ1n) is 6.64. The Morgan fingerprint density at radius 2 is 0.652 bits per heavy atom. The van der Waals surface area contributed by atoms with Gasteiger partial charge in [0.2, 0.25) is 0 Å². The van der Waals surface area contributed by atoms with Crippen LogP contribution in [0.25, 0.3) is 0 Å². The van der Waals surface area contributed by atoms with Gasteiger partial charge in [-0.25, -0.2) is 13.2 Å². The van der Waals surface area contributed by atoms with E-state index in [1.54, 1.807) is 36.4 Å². The van der Waals surface area contributed by atoms with Crippen LogP contribution in [0.4, 0.5) is 13.2 Å². The number of hydrogen-bond donors (Lipinski definition) is 0. The van der Waals surface area contributed by atoms with Gasteiger partial charge in [0.15, 0.2) is 14.7 Å². The van der Waals surface area contributed by atoms with Gasteiger partial charge in [0.25, 0.3) is 0 Å². The molecule has 118 valence electrons. The van der Waals surface area contributed by atoms with E-state index in [0.717, 1.165) is 14.7 Å². The molecular formula is C18H12ClF3S. The molecule has 0 unspecified atom stereocenters. The molecule has 0 fully saturated rings. The molecule has 0 aliphatic carbocycles. The van der Waals surface area contributed by atoms with E-state index < -0.39 is 10.9 Å². The van der Waals surface area contributed by atoms with Crippen LogP contribution in [-0.2, 0) is 10.9 Å². The summed E-state index contributed by atoms with van der Waals surface area (Å²) in [6, 6.07) is 18.5. The Hall–Kier alpha value is -1.91. The average Bonchev–Trinajstić information content (AvgIpc) is 2.53. The van der Waals surface area contributed by atoms with Crippen molar-refractivity contribution in [2.45, 2.75) is 14.7 Å². The number of benzene rings is 3. The summed E-state index contributed by atoms with van der Waals surface area (Å²) in [6.45, 7) is 0. The lowest BCUT2D eigenvalue weighted by atomic mass is 10.3. The molecule has 0 aliphatic rings. The third kappa shape index (κ3) is 4.09. The van der Waals surface area contributed by atoms with Gasteiger partial charge >= 0.3 is 0 Å². The maximum absolute atomic E-state index is 13.2. The van der Waals surface area contributed by atoms with Crippen LogP contribution in [0.1, 0.15) is 0 Å². The zero-order valence-corrected chi connectivity index (χ0v) is 13.4. The van der Waals surface area contributed by atoms with Crippen molar-refractivity contribution in [3.8, 4) is 0 Å². The van der Waals surface area contributed by atoms with Gasteiger partial charge in [-0.1, -0.05) is 0 Å². The Labute approximate surface area is 141 Å². The Kier molecular flexibility index (Phi) is 5.74. The van der Waals surface area contributed by atoms with Crippen LogP contribution in [0.15, 0.2) is 87.5 Å². The summed E-state index contributed by atoms with van der Waals surface area (Å²) in [4.78, 5) is 2.67. The van der Waals surface area contributed by atoms with E-state index in [2.05, 4.69) is 0 Å². The zero-order chi connectivity index (χ0) is 15.5. The molecule has 3 rings (SSSR count). The van der Waals surface area contributed by atoms with Gasteiger partial charge in [0, 0.05) is 0 Å². The SMILES string of the molecule is Fc1ccc([S+](c2ccc(F)cc2)c2ccc(F)cc2)cc1.[Cl-]. The van der Waals surface area contributed by atoms with Crippen LogP contribution in [0.3, 0.4) is 0 Å². The van der Waals surface area contributed by atoms with E-state index in [9.17, 15) is 13.2 Å². The molecule has 3 aromatic carbocycles. The maximum Gasteiger partial charge on any atom is 0.166 e. The van der Waals surface area contributed by atoms with Crippen LogP contribution in [0.5, 0.6) is 0 Å². The highest BCUT2D eigenvalue weighted by Gasteiger charge is 2.28. The fourth-order valence-electron chi connectivity index (χ4n) is 2.12. The van der Waals surface area contributed by atoms with Crippen LogP contribution < -0.4 is 12.4 Å². The van der Waals surface area contributed by atoms with Crippen molar-refractivity contribution in [1.29, 1.82) is 0 Å². The summed E-state index contributed by atoms with van der Waals surface area (Å²) in [5.41, 5.74) is 0. The molecule has 5 heteroatoms. The highest BCUT2D eigenvalue weighted by Crippen LogP contribution is 2.31. The maximum atomic E-state index is 13.2. The molecule has 0 saturated heterocycles. The van der Waals surface area contributed by atoms with Gasteiger partial charge in [0.1, 0.15) is 17.5 Å². The van der Waals surface area contributed by atoms with Crippen LogP contribution in [-0.4, -0.2) is 0 Å². The number of halogens is 4. The molecule has 23 heavy (non-hydrogen) atoms. The standard InChI is InChI=1S/C18H12F3S.ClH/c19-13-1-7-16(8-2-13)22(17-9-3-14(20)4-10-17)18-11-5-15(21)6-12-18;/h1-12H;1H/q+1;/p-1. The van der Waals surface area contributed by atoms with E-state index >= 15 is 0 Å². The van der Waals surface area contributed by atoms with E-state index in [4.69, 9.17) is 0 Å². The molecule has 0 atom stereocenters. The van der Waals surface area contributed by atoms with Crippen molar-refractivity contribution in [2.24, 2.45) is 0 Å². The Morgan fingerprint density at radius 3 is 0.870 bits per heavy atom. The summed E-state index contributed by atoms with van der Waals surface area (Å²) >= 11 is 0. The second-order valence-corrected chi connectivity index (χ2v) is 6.69. The molecule has 0 N–H and O–H groups in total. The van der Waals surface area contributed by atoms with Crippen molar-refractivity contribution in [1.82, 2.24) is 0 Å². The lowest BCUT2D eigenvalue weighted by Crippen LogP contribution is -3.00. The first-order valence-corrected chi connectivity index (χ1v) is 7.87. The highest BCUT2D eigenvalue weighted by atomic mass is 35.5. The monoisotopic (exact) mass is 352 g/mol. The summed E-state index contributed by atoms with van der Waals surface area (Å²) in [6.07, 6.45) is 0. The lowest BCUT2D eigenvalue weighted by molar-refractivity contribution is -0.00000621. The van der Waals surface area contributed by atoms with Gasteiger partial charge in [-0.2, -0.15) is 0 Å². The minimum atomic E-state index is -0.539. The van der Waals surface area contributed by atoms with Crippen molar-refractivity contribution >= 4 is 10.9 Å². The zero-order valence-electron chi connectivity index (χ0n) is 11.8. The Morgan fingerprint density at radius 1 is 0.435 bits per heavy atom. The number of hydrogen-bond acceptors (Lipinski definition) is 0. The molecule has 0 radical (unpaired) electrons. The van der Waals surface area contributed by atoms with Crippen LogP contribution in [0.2, 0.25) is 0 Å². The molecule has 3 aromatic rings. The van der Waals surface area contributed by atoms with Crippen molar-refractivity contribution in [2.75, 3.05) is 0 Å². The second kappa shape index (κ2) is 7.57. The summed E-state index contributed by atoms with van der Waals surface area (Å²) in [5, 5.41) is 0. The van der Waals surface area contributed by atoms with E-state index in [1.165, 1.54) is 36.4 Å².